The highest BCUT2D eigenvalue weighted by Gasteiger charge is 2.27. The zero-order valence-electron chi connectivity index (χ0n) is 28.6. The molecule has 0 saturated heterocycles. The van der Waals surface area contributed by atoms with Gasteiger partial charge in [0.1, 0.15) is 22.8 Å². The summed E-state index contributed by atoms with van der Waals surface area (Å²) in [7, 11) is 0. The quantitative estimate of drug-likeness (QED) is 0.189. The summed E-state index contributed by atoms with van der Waals surface area (Å²) in [6, 6.07) is 62.1. The first-order chi connectivity index (χ1) is 26.3. The number of nitrogens with one attached hydrogen (secondary N) is 1. The number of fused-ring (bicyclic) bond motifs is 9. The Labute approximate surface area is 305 Å². The SMILES string of the molecule is c1ccc(-c2cc(C3N=C(c4cc5ccccc5c5ccccc45)NC(c4cc5ccccc5c5ccccc45)=N3)c3c(c2)oc2ccccc23)cc1. The Morgan fingerprint density at radius 2 is 0.887 bits per heavy atom. The lowest BCUT2D eigenvalue weighted by atomic mass is 9.94. The van der Waals surface area contributed by atoms with Crippen molar-refractivity contribution in [2.45, 2.75) is 6.17 Å². The Morgan fingerprint density at radius 3 is 1.49 bits per heavy atom. The van der Waals surface area contributed by atoms with E-state index in [0.717, 1.165) is 83.0 Å². The lowest BCUT2D eigenvalue weighted by molar-refractivity contribution is 0.668. The molecule has 10 aromatic rings. The molecule has 0 saturated carbocycles. The van der Waals surface area contributed by atoms with Crippen LogP contribution in [0.2, 0.25) is 0 Å². The van der Waals surface area contributed by atoms with Gasteiger partial charge in [0.2, 0.25) is 0 Å². The third-order valence-electron chi connectivity index (χ3n) is 10.7. The number of hydrogen-bond acceptors (Lipinski definition) is 4. The molecule has 4 heteroatoms. The number of amidine groups is 2. The highest BCUT2D eigenvalue weighted by atomic mass is 16.3. The van der Waals surface area contributed by atoms with Gasteiger partial charge in [0.05, 0.1) is 0 Å². The fraction of sp³-hybridized carbons (Fsp3) is 0.0204. The molecule has 53 heavy (non-hydrogen) atoms. The van der Waals surface area contributed by atoms with Crippen molar-refractivity contribution >= 4 is 76.7 Å². The zero-order valence-corrected chi connectivity index (χ0v) is 28.6. The standard InChI is InChI=1S/C49H31N3O/c1-2-14-30(15-3-1)33-28-43(46-40-24-12-13-25-44(40)53-45(46)29-33)49-51-47(41-26-31-16-4-6-18-34(31)36-20-8-10-22-38(36)41)50-48(52-49)42-27-32-17-5-7-19-35(32)37-21-9-11-23-39(37)42/h1-29,49H,(H,50,51,52). The summed E-state index contributed by atoms with van der Waals surface area (Å²) < 4.78 is 6.57. The minimum absolute atomic E-state index is 0.566. The number of hydrogen-bond donors (Lipinski definition) is 1. The largest absolute Gasteiger partial charge is 0.456 e. The number of furan rings is 1. The maximum absolute atomic E-state index is 6.57. The van der Waals surface area contributed by atoms with Gasteiger partial charge in [-0.25, -0.2) is 9.98 Å². The average molecular weight is 678 g/mol. The molecule has 248 valence electrons. The summed E-state index contributed by atoms with van der Waals surface area (Å²) in [4.78, 5) is 11.1. The molecule has 0 bridgehead atoms. The normalized spacial score (nSPS) is 13.6. The molecule has 0 radical (unpaired) electrons. The molecule has 0 fully saturated rings. The molecule has 0 amide bonds. The van der Waals surface area contributed by atoms with E-state index < -0.39 is 6.17 Å². The Morgan fingerprint density at radius 1 is 0.396 bits per heavy atom. The molecule has 2 heterocycles. The Balaban J connectivity index is 1.23. The Bertz CT molecular complexity index is 3020. The number of para-hydroxylation sites is 1. The summed E-state index contributed by atoms with van der Waals surface area (Å²) in [5.41, 5.74) is 6.91. The van der Waals surface area contributed by atoms with Gasteiger partial charge in [-0.1, -0.05) is 146 Å². The molecule has 1 aliphatic rings. The molecule has 4 nitrogen and oxygen atoms in total. The summed E-state index contributed by atoms with van der Waals surface area (Å²) >= 11 is 0. The highest BCUT2D eigenvalue weighted by molar-refractivity contribution is 6.27. The average Bonchev–Trinajstić information content (AvgIpc) is 3.61. The minimum Gasteiger partial charge on any atom is -0.456 e. The van der Waals surface area contributed by atoms with Crippen molar-refractivity contribution in [3.8, 4) is 11.1 Å². The molecule has 0 spiro atoms. The maximum Gasteiger partial charge on any atom is 0.170 e. The van der Waals surface area contributed by atoms with E-state index in [0.29, 0.717) is 0 Å². The molecule has 11 rings (SSSR count). The number of aliphatic imine (C=N–C) groups is 2. The van der Waals surface area contributed by atoms with Crippen LogP contribution in [0.15, 0.2) is 190 Å². The molecule has 0 unspecified atom stereocenters. The topological polar surface area (TPSA) is 49.9 Å². The fourth-order valence-electron chi connectivity index (χ4n) is 8.25. The van der Waals surface area contributed by atoms with Crippen molar-refractivity contribution in [2.75, 3.05) is 0 Å². The molecule has 9 aromatic carbocycles. The smallest absolute Gasteiger partial charge is 0.170 e. The van der Waals surface area contributed by atoms with Gasteiger partial charge in [-0.3, -0.25) is 0 Å². The van der Waals surface area contributed by atoms with E-state index >= 15 is 0 Å². The first-order valence-electron chi connectivity index (χ1n) is 18.0. The van der Waals surface area contributed by atoms with Gasteiger partial charge in [0.25, 0.3) is 0 Å². The van der Waals surface area contributed by atoms with Crippen LogP contribution in [-0.2, 0) is 0 Å². The van der Waals surface area contributed by atoms with Gasteiger partial charge in [-0.05, 0) is 84.5 Å². The fourth-order valence-corrected chi connectivity index (χ4v) is 8.25. The predicted octanol–water partition coefficient (Wildman–Crippen LogP) is 12.4. The second kappa shape index (κ2) is 11.8. The summed E-state index contributed by atoms with van der Waals surface area (Å²) in [5.74, 6) is 1.57. The van der Waals surface area contributed by atoms with Crippen molar-refractivity contribution < 1.29 is 4.42 Å². The van der Waals surface area contributed by atoms with Crippen molar-refractivity contribution in [1.29, 1.82) is 0 Å². The van der Waals surface area contributed by atoms with Crippen molar-refractivity contribution in [1.82, 2.24) is 5.32 Å². The summed E-state index contributed by atoms with van der Waals surface area (Å²) in [5, 5.41) is 15.3. The van der Waals surface area contributed by atoms with E-state index in [9.17, 15) is 0 Å². The van der Waals surface area contributed by atoms with Crippen LogP contribution in [0.1, 0.15) is 22.9 Å². The molecular formula is C49H31N3O. The molecule has 1 aliphatic heterocycles. The predicted molar refractivity (Wildman–Crippen MR) is 221 cm³/mol. The van der Waals surface area contributed by atoms with Gasteiger partial charge in [-0.2, -0.15) is 0 Å². The summed E-state index contributed by atoms with van der Waals surface area (Å²) in [6.45, 7) is 0. The van der Waals surface area contributed by atoms with Crippen molar-refractivity contribution in [2.24, 2.45) is 9.98 Å². The van der Waals surface area contributed by atoms with Gasteiger partial charge in [0.15, 0.2) is 6.17 Å². The van der Waals surface area contributed by atoms with E-state index in [2.05, 4.69) is 163 Å². The van der Waals surface area contributed by atoms with Crippen LogP contribution in [0.25, 0.3) is 76.2 Å². The van der Waals surface area contributed by atoms with E-state index in [1.165, 1.54) is 21.5 Å². The lowest BCUT2D eigenvalue weighted by Gasteiger charge is -2.25. The van der Waals surface area contributed by atoms with E-state index in [1.807, 2.05) is 18.2 Å². The number of benzene rings is 9. The number of rotatable bonds is 4. The second-order valence-electron chi connectivity index (χ2n) is 13.7. The van der Waals surface area contributed by atoms with Crippen LogP contribution in [0.3, 0.4) is 0 Å². The van der Waals surface area contributed by atoms with Crippen LogP contribution >= 0.6 is 0 Å². The van der Waals surface area contributed by atoms with Crippen LogP contribution in [0.5, 0.6) is 0 Å². The van der Waals surface area contributed by atoms with E-state index in [1.54, 1.807) is 0 Å². The van der Waals surface area contributed by atoms with Crippen molar-refractivity contribution in [3.63, 3.8) is 0 Å². The second-order valence-corrected chi connectivity index (χ2v) is 13.7. The zero-order chi connectivity index (χ0) is 34.9. The first kappa shape index (κ1) is 29.7. The Kier molecular flexibility index (Phi) is 6.58. The van der Waals surface area contributed by atoms with E-state index in [-0.39, 0.29) is 0 Å². The van der Waals surface area contributed by atoms with Crippen LogP contribution in [-0.4, -0.2) is 11.7 Å². The molecule has 0 aliphatic carbocycles. The molecule has 0 atom stereocenters. The van der Waals surface area contributed by atoms with Crippen LogP contribution in [0.4, 0.5) is 0 Å². The van der Waals surface area contributed by atoms with Gasteiger partial charge in [-0.15, -0.1) is 0 Å². The van der Waals surface area contributed by atoms with Crippen LogP contribution in [0, 0.1) is 0 Å². The molecule has 1 aromatic heterocycles. The maximum atomic E-state index is 6.57. The molecular weight excluding hydrogens is 647 g/mol. The highest BCUT2D eigenvalue weighted by Crippen LogP contribution is 2.41. The van der Waals surface area contributed by atoms with Gasteiger partial charge < -0.3 is 9.73 Å². The number of nitrogens with zero attached hydrogens (tertiary/aromatic N) is 2. The van der Waals surface area contributed by atoms with Crippen molar-refractivity contribution in [3.05, 3.63) is 193 Å². The third-order valence-corrected chi connectivity index (χ3v) is 10.7. The Hall–Kier alpha value is -7.04. The summed E-state index contributed by atoms with van der Waals surface area (Å²) in [6.07, 6.45) is -0.566. The van der Waals surface area contributed by atoms with Crippen LogP contribution < -0.4 is 5.32 Å². The monoisotopic (exact) mass is 677 g/mol. The van der Waals surface area contributed by atoms with Gasteiger partial charge >= 0.3 is 0 Å². The third kappa shape index (κ3) is 4.77. The lowest BCUT2D eigenvalue weighted by Crippen LogP contribution is -2.36. The molecule has 1 N–H and O–H groups in total. The first-order valence-corrected chi connectivity index (χ1v) is 18.0. The van der Waals surface area contributed by atoms with Gasteiger partial charge in [0, 0.05) is 27.5 Å². The minimum atomic E-state index is -0.566. The van der Waals surface area contributed by atoms with E-state index in [4.69, 9.17) is 14.4 Å².